The number of phenols is 1. The molecule has 1 N–H and O–H groups in total. The summed E-state index contributed by atoms with van der Waals surface area (Å²) in [5.41, 5.74) is 1.06. The number of benzene rings is 2. The monoisotopic (exact) mass is 262 g/mol. The van der Waals surface area contributed by atoms with Crippen LogP contribution in [0.5, 0.6) is 11.5 Å². The molecule has 0 heterocycles. The summed E-state index contributed by atoms with van der Waals surface area (Å²) in [7, 11) is 1.59. The van der Waals surface area contributed by atoms with E-state index in [4.69, 9.17) is 9.47 Å². The van der Waals surface area contributed by atoms with Gasteiger partial charge in [-0.15, -0.1) is 0 Å². The number of hydrogen-bond acceptors (Lipinski definition) is 3. The van der Waals surface area contributed by atoms with Gasteiger partial charge in [-0.1, -0.05) is 18.2 Å². The Kier molecular flexibility index (Phi) is 4.36. The molecule has 0 aliphatic rings. The van der Waals surface area contributed by atoms with Crippen LogP contribution in [-0.2, 0) is 4.74 Å². The minimum atomic E-state index is -0.403. The summed E-state index contributed by atoms with van der Waals surface area (Å²) in [6, 6.07) is 11.0. The Labute approximate surface area is 111 Å². The molecule has 2 aromatic rings. The summed E-state index contributed by atoms with van der Waals surface area (Å²) in [6.07, 6.45) is 0. The van der Waals surface area contributed by atoms with Crippen LogP contribution in [0.2, 0.25) is 0 Å². The fourth-order valence-electron chi connectivity index (χ4n) is 1.77. The molecule has 4 heteroatoms. The van der Waals surface area contributed by atoms with Crippen molar-refractivity contribution in [3.05, 3.63) is 48.3 Å². The van der Waals surface area contributed by atoms with Gasteiger partial charge in [0.2, 0.25) is 0 Å². The van der Waals surface area contributed by atoms with E-state index < -0.39 is 5.82 Å². The molecule has 0 saturated heterocycles. The number of ether oxygens (including phenoxy) is 2. The number of rotatable bonds is 5. The molecular weight excluding hydrogens is 247 g/mol. The van der Waals surface area contributed by atoms with Gasteiger partial charge in [0.15, 0.2) is 0 Å². The number of methoxy groups -OCH3 is 1. The quantitative estimate of drug-likeness (QED) is 0.841. The molecule has 100 valence electrons. The van der Waals surface area contributed by atoms with E-state index in [0.717, 1.165) is 0 Å². The van der Waals surface area contributed by atoms with Crippen molar-refractivity contribution in [2.75, 3.05) is 20.3 Å². The van der Waals surface area contributed by atoms with Gasteiger partial charge in [0, 0.05) is 18.2 Å². The largest absolute Gasteiger partial charge is 0.507 e. The van der Waals surface area contributed by atoms with Gasteiger partial charge in [0.05, 0.1) is 6.61 Å². The zero-order chi connectivity index (χ0) is 13.7. The lowest BCUT2D eigenvalue weighted by Gasteiger charge is -2.12. The van der Waals surface area contributed by atoms with E-state index in [-0.39, 0.29) is 5.75 Å². The lowest BCUT2D eigenvalue weighted by atomic mass is 10.0. The second-order valence-corrected chi connectivity index (χ2v) is 4.00. The maximum atomic E-state index is 13.3. The molecule has 0 amide bonds. The summed E-state index contributed by atoms with van der Waals surface area (Å²) < 4.78 is 23.8. The molecule has 0 unspecified atom stereocenters. The first-order chi connectivity index (χ1) is 9.22. The van der Waals surface area contributed by atoms with Crippen molar-refractivity contribution in [1.29, 1.82) is 0 Å². The van der Waals surface area contributed by atoms with Gasteiger partial charge in [-0.25, -0.2) is 4.39 Å². The third-order valence-corrected chi connectivity index (χ3v) is 2.68. The predicted octanol–water partition coefficient (Wildman–Crippen LogP) is 3.22. The van der Waals surface area contributed by atoms with Crippen molar-refractivity contribution in [3.63, 3.8) is 0 Å². The van der Waals surface area contributed by atoms with E-state index in [1.54, 1.807) is 19.2 Å². The molecule has 0 aliphatic heterocycles. The van der Waals surface area contributed by atoms with Gasteiger partial charge in [-0.05, 0) is 24.3 Å². The second-order valence-electron chi connectivity index (χ2n) is 4.00. The van der Waals surface area contributed by atoms with Crippen LogP contribution in [0.15, 0.2) is 42.5 Å². The van der Waals surface area contributed by atoms with Crippen LogP contribution in [0.1, 0.15) is 0 Å². The molecule has 0 aromatic heterocycles. The highest BCUT2D eigenvalue weighted by Crippen LogP contribution is 2.36. The number of para-hydroxylation sites is 1. The Morgan fingerprint density at radius 2 is 1.84 bits per heavy atom. The molecule has 0 spiro atoms. The standard InChI is InChI=1S/C15H15FO3/c1-18-8-9-19-15-5-3-2-4-12(15)13-10-11(16)6-7-14(13)17/h2-7,10,17H,8-9H2,1H3. The smallest absolute Gasteiger partial charge is 0.127 e. The highest BCUT2D eigenvalue weighted by Gasteiger charge is 2.11. The number of hydrogen-bond donors (Lipinski definition) is 1. The SMILES string of the molecule is COCCOc1ccccc1-c1cc(F)ccc1O. The van der Waals surface area contributed by atoms with Crippen molar-refractivity contribution in [1.82, 2.24) is 0 Å². The van der Waals surface area contributed by atoms with Crippen LogP contribution in [0.3, 0.4) is 0 Å². The number of aromatic hydroxyl groups is 1. The number of phenolic OH excluding ortho intramolecular Hbond substituents is 1. The van der Waals surface area contributed by atoms with E-state index in [1.165, 1.54) is 18.2 Å². The molecule has 0 radical (unpaired) electrons. The molecule has 0 atom stereocenters. The lowest BCUT2D eigenvalue weighted by molar-refractivity contribution is 0.146. The predicted molar refractivity (Wildman–Crippen MR) is 70.9 cm³/mol. The van der Waals surface area contributed by atoms with Crippen LogP contribution in [0.25, 0.3) is 11.1 Å². The van der Waals surface area contributed by atoms with E-state index in [9.17, 15) is 9.50 Å². The maximum absolute atomic E-state index is 13.3. The molecule has 0 fully saturated rings. The van der Waals surface area contributed by atoms with Crippen LogP contribution in [0.4, 0.5) is 4.39 Å². The van der Waals surface area contributed by atoms with E-state index in [2.05, 4.69) is 0 Å². The third kappa shape index (κ3) is 3.23. The fourth-order valence-corrected chi connectivity index (χ4v) is 1.77. The van der Waals surface area contributed by atoms with Crippen LogP contribution in [-0.4, -0.2) is 25.4 Å². The van der Waals surface area contributed by atoms with E-state index >= 15 is 0 Å². The molecule has 0 aliphatic carbocycles. The molecule has 3 nitrogen and oxygen atoms in total. The summed E-state index contributed by atoms with van der Waals surface area (Å²) >= 11 is 0. The minimum absolute atomic E-state index is 0.0178. The lowest BCUT2D eigenvalue weighted by Crippen LogP contribution is -2.05. The Morgan fingerprint density at radius 3 is 2.63 bits per heavy atom. The molecule has 19 heavy (non-hydrogen) atoms. The van der Waals surface area contributed by atoms with Gasteiger partial charge >= 0.3 is 0 Å². The topological polar surface area (TPSA) is 38.7 Å². The Hall–Kier alpha value is -2.07. The number of halogens is 1. The van der Waals surface area contributed by atoms with Gasteiger partial charge in [-0.2, -0.15) is 0 Å². The van der Waals surface area contributed by atoms with Gasteiger partial charge in [-0.3, -0.25) is 0 Å². The first kappa shape index (κ1) is 13.4. The van der Waals surface area contributed by atoms with Crippen molar-refractivity contribution < 1.29 is 19.0 Å². The van der Waals surface area contributed by atoms with Crippen molar-refractivity contribution in [2.24, 2.45) is 0 Å². The molecule has 2 rings (SSSR count). The van der Waals surface area contributed by atoms with Gasteiger partial charge < -0.3 is 14.6 Å². The normalized spacial score (nSPS) is 10.4. The first-order valence-corrected chi connectivity index (χ1v) is 5.92. The van der Waals surface area contributed by atoms with Crippen LogP contribution in [0, 0.1) is 5.82 Å². The first-order valence-electron chi connectivity index (χ1n) is 5.92. The highest BCUT2D eigenvalue weighted by atomic mass is 19.1. The van der Waals surface area contributed by atoms with E-state index in [1.807, 2.05) is 12.1 Å². The van der Waals surface area contributed by atoms with Crippen LogP contribution < -0.4 is 4.74 Å². The van der Waals surface area contributed by atoms with Gasteiger partial charge in [0.1, 0.15) is 23.9 Å². The van der Waals surface area contributed by atoms with Crippen molar-refractivity contribution in [2.45, 2.75) is 0 Å². The zero-order valence-corrected chi connectivity index (χ0v) is 10.6. The molecule has 2 aromatic carbocycles. The Bertz CT molecular complexity index is 555. The van der Waals surface area contributed by atoms with Crippen molar-refractivity contribution in [3.8, 4) is 22.6 Å². The van der Waals surface area contributed by atoms with E-state index in [0.29, 0.717) is 30.1 Å². The summed E-state index contributed by atoms with van der Waals surface area (Å²) in [5.74, 6) is 0.198. The maximum Gasteiger partial charge on any atom is 0.127 e. The van der Waals surface area contributed by atoms with Crippen LogP contribution >= 0.6 is 0 Å². The summed E-state index contributed by atoms with van der Waals surface area (Å²) in [6.45, 7) is 0.854. The fraction of sp³-hybridized carbons (Fsp3) is 0.200. The summed E-state index contributed by atoms with van der Waals surface area (Å²) in [4.78, 5) is 0. The molecule has 0 bridgehead atoms. The highest BCUT2D eigenvalue weighted by molar-refractivity contribution is 5.75. The molecule has 0 saturated carbocycles. The third-order valence-electron chi connectivity index (χ3n) is 2.68. The summed E-state index contributed by atoms with van der Waals surface area (Å²) in [5, 5.41) is 9.84. The average Bonchev–Trinajstić information content (AvgIpc) is 2.42. The average molecular weight is 262 g/mol. The second kappa shape index (κ2) is 6.20. The van der Waals surface area contributed by atoms with Gasteiger partial charge in [0.25, 0.3) is 0 Å². The van der Waals surface area contributed by atoms with Crippen molar-refractivity contribution >= 4 is 0 Å². The Morgan fingerprint density at radius 1 is 1.05 bits per heavy atom. The molecular formula is C15H15FO3. The minimum Gasteiger partial charge on any atom is -0.507 e. The zero-order valence-electron chi connectivity index (χ0n) is 10.6. The Balaban J connectivity index is 2.35.